The molecule has 0 saturated heterocycles. The summed E-state index contributed by atoms with van der Waals surface area (Å²) in [6.45, 7) is 6.68. The van der Waals surface area contributed by atoms with Gasteiger partial charge in [0.1, 0.15) is 0 Å². The molecular formula is C19H21N3O2. The lowest BCUT2D eigenvalue weighted by Gasteiger charge is -2.09. The summed E-state index contributed by atoms with van der Waals surface area (Å²) < 4.78 is 1.61. The maximum atomic E-state index is 12.7. The predicted octanol–water partition coefficient (Wildman–Crippen LogP) is 3.61. The third kappa shape index (κ3) is 2.85. The van der Waals surface area contributed by atoms with E-state index in [0.29, 0.717) is 17.8 Å². The smallest absolute Gasteiger partial charge is 0.257 e. The normalized spacial score (nSPS) is 11.0. The minimum Gasteiger partial charge on any atom is -0.358 e. The number of pyridine rings is 1. The number of carbonyl (C=O) groups is 1. The average molecular weight is 323 g/mol. The molecule has 0 saturated carbocycles. The summed E-state index contributed by atoms with van der Waals surface area (Å²) in [6.07, 6.45) is 2.55. The van der Waals surface area contributed by atoms with Gasteiger partial charge in [-0.25, -0.2) is 0 Å². The van der Waals surface area contributed by atoms with Gasteiger partial charge in [-0.2, -0.15) is 0 Å². The van der Waals surface area contributed by atoms with Crippen LogP contribution in [0.1, 0.15) is 35.0 Å². The minimum absolute atomic E-state index is 0.0624. The summed E-state index contributed by atoms with van der Waals surface area (Å²) in [7, 11) is 0. The van der Waals surface area contributed by atoms with Crippen LogP contribution in [0.15, 0.2) is 41.3 Å². The van der Waals surface area contributed by atoms with Crippen LogP contribution in [0.2, 0.25) is 0 Å². The Morgan fingerprint density at radius 3 is 2.75 bits per heavy atom. The van der Waals surface area contributed by atoms with Gasteiger partial charge in [0.2, 0.25) is 0 Å². The highest BCUT2D eigenvalue weighted by Gasteiger charge is 2.14. The van der Waals surface area contributed by atoms with E-state index >= 15 is 0 Å². The highest BCUT2D eigenvalue weighted by molar-refractivity contribution is 6.12. The first-order chi connectivity index (χ1) is 11.5. The summed E-state index contributed by atoms with van der Waals surface area (Å²) in [5.41, 5.74) is 4.19. The van der Waals surface area contributed by atoms with Crippen LogP contribution >= 0.6 is 0 Å². The van der Waals surface area contributed by atoms with E-state index in [1.165, 1.54) is 6.07 Å². The molecule has 3 rings (SSSR count). The highest BCUT2D eigenvalue weighted by atomic mass is 16.1. The van der Waals surface area contributed by atoms with Crippen molar-refractivity contribution in [3.05, 3.63) is 63.7 Å². The standard InChI is InChI=1S/C19H21N3O2/c1-4-10-22-11-14(8-9-17(22)23)21-19(24)16-7-5-6-15-12(2)13(3)20-18(15)16/h5-9,11,20H,4,10H2,1-3H3,(H,21,24). The molecule has 2 N–H and O–H groups in total. The summed E-state index contributed by atoms with van der Waals surface area (Å²) in [5, 5.41) is 3.94. The Bertz CT molecular complexity index is 966. The highest BCUT2D eigenvalue weighted by Crippen LogP contribution is 2.24. The number of benzene rings is 1. The number of hydrogen-bond acceptors (Lipinski definition) is 2. The van der Waals surface area contributed by atoms with Crippen LogP contribution in [-0.4, -0.2) is 15.5 Å². The van der Waals surface area contributed by atoms with Crippen molar-refractivity contribution in [1.82, 2.24) is 9.55 Å². The number of H-pyrrole nitrogens is 1. The van der Waals surface area contributed by atoms with E-state index in [1.54, 1.807) is 22.9 Å². The zero-order valence-electron chi connectivity index (χ0n) is 14.1. The van der Waals surface area contributed by atoms with Gasteiger partial charge >= 0.3 is 0 Å². The lowest BCUT2D eigenvalue weighted by Crippen LogP contribution is -2.20. The average Bonchev–Trinajstić information content (AvgIpc) is 2.85. The van der Waals surface area contributed by atoms with E-state index < -0.39 is 0 Å². The van der Waals surface area contributed by atoms with Crippen molar-refractivity contribution >= 4 is 22.5 Å². The van der Waals surface area contributed by atoms with Crippen molar-refractivity contribution in [2.45, 2.75) is 33.7 Å². The minimum atomic E-state index is -0.191. The van der Waals surface area contributed by atoms with Crippen molar-refractivity contribution in [2.24, 2.45) is 0 Å². The zero-order chi connectivity index (χ0) is 17.3. The molecule has 2 aromatic heterocycles. The van der Waals surface area contributed by atoms with Crippen LogP contribution < -0.4 is 10.9 Å². The molecular weight excluding hydrogens is 302 g/mol. The van der Waals surface area contributed by atoms with Crippen molar-refractivity contribution in [3.8, 4) is 0 Å². The monoisotopic (exact) mass is 323 g/mol. The Balaban J connectivity index is 1.95. The molecule has 2 heterocycles. The molecule has 0 bridgehead atoms. The Morgan fingerprint density at radius 2 is 2.00 bits per heavy atom. The Morgan fingerprint density at radius 1 is 1.21 bits per heavy atom. The van der Waals surface area contributed by atoms with E-state index in [9.17, 15) is 9.59 Å². The Hall–Kier alpha value is -2.82. The van der Waals surface area contributed by atoms with Gasteiger partial charge in [0.05, 0.1) is 16.8 Å². The molecule has 0 atom stereocenters. The molecule has 0 radical (unpaired) electrons. The molecule has 0 aliphatic heterocycles. The molecule has 0 aliphatic rings. The van der Waals surface area contributed by atoms with Gasteiger partial charge in [0.25, 0.3) is 11.5 Å². The number of rotatable bonds is 4. The first-order valence-electron chi connectivity index (χ1n) is 8.11. The third-order valence-electron chi connectivity index (χ3n) is 4.29. The fourth-order valence-electron chi connectivity index (χ4n) is 2.89. The molecule has 0 spiro atoms. The van der Waals surface area contributed by atoms with Crippen molar-refractivity contribution in [2.75, 3.05) is 5.32 Å². The van der Waals surface area contributed by atoms with Crippen molar-refractivity contribution in [1.29, 1.82) is 0 Å². The number of aromatic nitrogens is 2. The molecule has 0 aliphatic carbocycles. The Kier molecular flexibility index (Phi) is 4.25. The van der Waals surface area contributed by atoms with Gasteiger partial charge in [-0.15, -0.1) is 0 Å². The second-order valence-corrected chi connectivity index (χ2v) is 6.01. The van der Waals surface area contributed by atoms with Crippen molar-refractivity contribution < 1.29 is 4.79 Å². The quantitative estimate of drug-likeness (QED) is 0.770. The number of anilines is 1. The molecule has 124 valence electrons. The van der Waals surface area contributed by atoms with E-state index in [4.69, 9.17) is 0 Å². The van der Waals surface area contributed by atoms with Crippen LogP contribution in [-0.2, 0) is 6.54 Å². The molecule has 0 unspecified atom stereocenters. The maximum Gasteiger partial charge on any atom is 0.257 e. The van der Waals surface area contributed by atoms with Gasteiger partial charge in [0.15, 0.2) is 0 Å². The van der Waals surface area contributed by atoms with Crippen LogP contribution in [0.25, 0.3) is 10.9 Å². The number of nitrogens with zero attached hydrogens (tertiary/aromatic N) is 1. The lowest BCUT2D eigenvalue weighted by molar-refractivity contribution is 0.102. The van der Waals surface area contributed by atoms with Crippen molar-refractivity contribution in [3.63, 3.8) is 0 Å². The number of nitrogens with one attached hydrogen (secondary N) is 2. The number of hydrogen-bond donors (Lipinski definition) is 2. The zero-order valence-corrected chi connectivity index (χ0v) is 14.1. The van der Waals surface area contributed by atoms with E-state index in [2.05, 4.69) is 10.3 Å². The molecule has 1 aromatic carbocycles. The summed E-state index contributed by atoms with van der Waals surface area (Å²) in [4.78, 5) is 27.7. The summed E-state index contributed by atoms with van der Waals surface area (Å²) in [6, 6.07) is 8.81. The topological polar surface area (TPSA) is 66.9 Å². The number of amides is 1. The van der Waals surface area contributed by atoms with Gasteiger partial charge in [0, 0.05) is 29.9 Å². The number of para-hydroxylation sites is 1. The maximum absolute atomic E-state index is 12.7. The van der Waals surface area contributed by atoms with Crippen LogP contribution in [0.3, 0.4) is 0 Å². The lowest BCUT2D eigenvalue weighted by atomic mass is 10.1. The first-order valence-corrected chi connectivity index (χ1v) is 8.11. The molecule has 3 aromatic rings. The van der Waals surface area contributed by atoms with Gasteiger partial charge < -0.3 is 14.9 Å². The fourth-order valence-corrected chi connectivity index (χ4v) is 2.89. The van der Waals surface area contributed by atoms with Gasteiger partial charge in [-0.3, -0.25) is 9.59 Å². The Labute approximate surface area is 140 Å². The third-order valence-corrected chi connectivity index (χ3v) is 4.29. The van der Waals surface area contributed by atoms with Crippen LogP contribution in [0.4, 0.5) is 5.69 Å². The second kappa shape index (κ2) is 6.35. The molecule has 0 fully saturated rings. The van der Waals surface area contributed by atoms with E-state index in [-0.39, 0.29) is 11.5 Å². The summed E-state index contributed by atoms with van der Waals surface area (Å²) in [5.74, 6) is -0.191. The first kappa shape index (κ1) is 16.1. The summed E-state index contributed by atoms with van der Waals surface area (Å²) >= 11 is 0. The largest absolute Gasteiger partial charge is 0.358 e. The molecule has 1 amide bonds. The van der Waals surface area contributed by atoms with E-state index in [0.717, 1.165) is 28.6 Å². The van der Waals surface area contributed by atoms with Gasteiger partial charge in [-0.1, -0.05) is 19.1 Å². The molecule has 24 heavy (non-hydrogen) atoms. The molecule has 5 nitrogen and oxygen atoms in total. The number of aryl methyl sites for hydroxylation is 3. The molecule has 5 heteroatoms. The number of carbonyl (C=O) groups excluding carboxylic acids is 1. The fraction of sp³-hybridized carbons (Fsp3) is 0.263. The predicted molar refractivity (Wildman–Crippen MR) is 96.7 cm³/mol. The van der Waals surface area contributed by atoms with Crippen LogP contribution in [0, 0.1) is 13.8 Å². The van der Waals surface area contributed by atoms with E-state index in [1.807, 2.05) is 32.9 Å². The number of fused-ring (bicyclic) bond motifs is 1. The number of aromatic amines is 1. The van der Waals surface area contributed by atoms with Gasteiger partial charge in [-0.05, 0) is 38.0 Å². The SMILES string of the molecule is CCCn1cc(NC(=O)c2cccc3c(C)c(C)[nH]c23)ccc1=O. The second-order valence-electron chi connectivity index (χ2n) is 6.01. The van der Waals surface area contributed by atoms with Crippen LogP contribution in [0.5, 0.6) is 0 Å².